The Balaban J connectivity index is 2.23. The first-order valence-electron chi connectivity index (χ1n) is 6.10. The lowest BCUT2D eigenvalue weighted by Gasteiger charge is -2.28. The maximum Gasteiger partial charge on any atom is 0.119 e. The Kier molecular flexibility index (Phi) is 2.99. The minimum Gasteiger partial charge on any atom is -0.508 e. The third kappa shape index (κ3) is 1.83. The Labute approximate surface area is 120 Å². The van der Waals surface area contributed by atoms with Gasteiger partial charge in [-0.25, -0.2) is 0 Å². The summed E-state index contributed by atoms with van der Waals surface area (Å²) in [6.07, 6.45) is 0. The van der Waals surface area contributed by atoms with E-state index >= 15 is 0 Å². The van der Waals surface area contributed by atoms with Gasteiger partial charge in [0.1, 0.15) is 5.75 Å². The highest BCUT2D eigenvalue weighted by atomic mass is 79.9. The van der Waals surface area contributed by atoms with Crippen LogP contribution in [0.2, 0.25) is 0 Å². The number of hydrogen-bond acceptors (Lipinski definition) is 3. The zero-order valence-electron chi connectivity index (χ0n) is 10.2. The molecule has 1 aliphatic heterocycles. The number of halogens is 1. The SMILES string of the molecule is OCC1(c2cc(Br)ccc2O)CNc2ccccc21. The molecule has 0 saturated heterocycles. The molecule has 2 aromatic rings. The summed E-state index contributed by atoms with van der Waals surface area (Å²) in [5, 5.41) is 23.4. The number of hydrogen-bond donors (Lipinski definition) is 3. The van der Waals surface area contributed by atoms with Crippen LogP contribution in [-0.2, 0) is 5.41 Å². The maximum absolute atomic E-state index is 10.2. The lowest BCUT2D eigenvalue weighted by atomic mass is 9.76. The summed E-state index contributed by atoms with van der Waals surface area (Å²) in [4.78, 5) is 0. The van der Waals surface area contributed by atoms with E-state index in [-0.39, 0.29) is 12.4 Å². The van der Waals surface area contributed by atoms with Crippen molar-refractivity contribution in [3.63, 3.8) is 0 Å². The van der Waals surface area contributed by atoms with Crippen molar-refractivity contribution in [2.45, 2.75) is 5.41 Å². The molecule has 98 valence electrons. The summed E-state index contributed by atoms with van der Waals surface area (Å²) in [6, 6.07) is 13.2. The van der Waals surface area contributed by atoms with Crippen LogP contribution in [0, 0.1) is 0 Å². The average molecular weight is 320 g/mol. The van der Waals surface area contributed by atoms with E-state index in [1.807, 2.05) is 30.3 Å². The van der Waals surface area contributed by atoms with E-state index < -0.39 is 5.41 Å². The van der Waals surface area contributed by atoms with E-state index in [0.29, 0.717) is 6.54 Å². The molecule has 0 aliphatic carbocycles. The van der Waals surface area contributed by atoms with Crippen molar-refractivity contribution < 1.29 is 10.2 Å². The summed E-state index contributed by atoms with van der Waals surface area (Å²) in [5.41, 5.74) is 2.17. The number of aliphatic hydroxyl groups is 1. The molecule has 0 aromatic heterocycles. The van der Waals surface area contributed by atoms with Crippen molar-refractivity contribution in [3.05, 3.63) is 58.1 Å². The molecule has 1 unspecified atom stereocenters. The molecule has 3 N–H and O–H groups in total. The van der Waals surface area contributed by atoms with Crippen molar-refractivity contribution in [1.29, 1.82) is 0 Å². The summed E-state index contributed by atoms with van der Waals surface area (Å²) >= 11 is 3.42. The molecule has 1 heterocycles. The Bertz CT molecular complexity index is 629. The van der Waals surface area contributed by atoms with Gasteiger partial charge in [0.15, 0.2) is 0 Å². The third-order valence-corrected chi connectivity index (χ3v) is 4.26. The molecule has 0 amide bonds. The molecule has 4 heteroatoms. The summed E-state index contributed by atoms with van der Waals surface area (Å²) < 4.78 is 0.887. The number of para-hydroxylation sites is 1. The Morgan fingerprint density at radius 3 is 2.74 bits per heavy atom. The van der Waals surface area contributed by atoms with Gasteiger partial charge in [0, 0.05) is 22.3 Å². The molecule has 3 nitrogen and oxygen atoms in total. The summed E-state index contributed by atoms with van der Waals surface area (Å²) in [6.45, 7) is 0.522. The van der Waals surface area contributed by atoms with Crippen LogP contribution in [0.4, 0.5) is 5.69 Å². The molecule has 0 saturated carbocycles. The van der Waals surface area contributed by atoms with Gasteiger partial charge in [-0.15, -0.1) is 0 Å². The molecule has 19 heavy (non-hydrogen) atoms. The summed E-state index contributed by atoms with van der Waals surface area (Å²) in [5.74, 6) is 0.204. The highest BCUT2D eigenvalue weighted by molar-refractivity contribution is 9.10. The first-order chi connectivity index (χ1) is 9.17. The van der Waals surface area contributed by atoms with Crippen molar-refractivity contribution in [3.8, 4) is 5.75 Å². The normalized spacial score (nSPS) is 20.9. The highest BCUT2D eigenvalue weighted by Gasteiger charge is 2.41. The molecule has 1 aliphatic rings. The predicted octanol–water partition coefficient (Wildman–Crippen LogP) is 2.86. The fourth-order valence-corrected chi connectivity index (χ4v) is 3.12. The van der Waals surface area contributed by atoms with Crippen LogP contribution in [0.1, 0.15) is 11.1 Å². The van der Waals surface area contributed by atoms with E-state index in [9.17, 15) is 10.2 Å². The lowest BCUT2D eigenvalue weighted by Crippen LogP contribution is -2.34. The third-order valence-electron chi connectivity index (χ3n) is 3.77. The first kappa shape index (κ1) is 12.5. The van der Waals surface area contributed by atoms with Gasteiger partial charge < -0.3 is 15.5 Å². The molecule has 3 rings (SSSR count). The second-order valence-corrected chi connectivity index (χ2v) is 5.72. The van der Waals surface area contributed by atoms with Crippen LogP contribution in [0.5, 0.6) is 5.75 Å². The highest BCUT2D eigenvalue weighted by Crippen LogP contribution is 2.45. The van der Waals surface area contributed by atoms with Crippen molar-refractivity contribution >= 4 is 21.6 Å². The molecule has 0 radical (unpaired) electrons. The number of aliphatic hydroxyl groups excluding tert-OH is 1. The number of rotatable bonds is 2. The second-order valence-electron chi connectivity index (χ2n) is 4.80. The average Bonchev–Trinajstić information content (AvgIpc) is 2.82. The van der Waals surface area contributed by atoms with Gasteiger partial charge in [-0.2, -0.15) is 0 Å². The first-order valence-corrected chi connectivity index (χ1v) is 6.90. The van der Waals surface area contributed by atoms with Crippen LogP contribution >= 0.6 is 15.9 Å². The number of phenolic OH excluding ortho intramolecular Hbond substituents is 1. The van der Waals surface area contributed by atoms with E-state index in [1.54, 1.807) is 12.1 Å². The van der Waals surface area contributed by atoms with E-state index in [2.05, 4.69) is 21.2 Å². The monoisotopic (exact) mass is 319 g/mol. The van der Waals surface area contributed by atoms with Gasteiger partial charge in [-0.3, -0.25) is 0 Å². The Hall–Kier alpha value is -1.52. The molecule has 0 fully saturated rings. The van der Waals surface area contributed by atoms with Crippen LogP contribution in [0.25, 0.3) is 0 Å². The summed E-state index contributed by atoms with van der Waals surface area (Å²) in [7, 11) is 0. The number of nitrogens with one attached hydrogen (secondary N) is 1. The largest absolute Gasteiger partial charge is 0.508 e. The number of phenols is 1. The van der Waals surface area contributed by atoms with Gasteiger partial charge >= 0.3 is 0 Å². The van der Waals surface area contributed by atoms with Crippen molar-refractivity contribution in [2.24, 2.45) is 0 Å². The molecular formula is C15H14BrNO2. The van der Waals surface area contributed by atoms with Gasteiger partial charge in [0.25, 0.3) is 0 Å². The van der Waals surface area contributed by atoms with E-state index in [4.69, 9.17) is 0 Å². The minimum absolute atomic E-state index is 0.0545. The number of aromatic hydroxyl groups is 1. The zero-order chi connectivity index (χ0) is 13.5. The van der Waals surface area contributed by atoms with Crippen LogP contribution < -0.4 is 5.32 Å². The van der Waals surface area contributed by atoms with Gasteiger partial charge in [-0.05, 0) is 29.8 Å². The fraction of sp³-hybridized carbons (Fsp3) is 0.200. The van der Waals surface area contributed by atoms with Gasteiger partial charge in [0.05, 0.1) is 12.0 Å². The Morgan fingerprint density at radius 2 is 1.95 bits per heavy atom. The molecular weight excluding hydrogens is 306 g/mol. The van der Waals surface area contributed by atoms with Crippen LogP contribution in [0.15, 0.2) is 46.9 Å². The number of anilines is 1. The lowest BCUT2D eigenvalue weighted by molar-refractivity contribution is 0.228. The molecule has 1 atom stereocenters. The minimum atomic E-state index is -0.593. The predicted molar refractivity (Wildman–Crippen MR) is 78.6 cm³/mol. The standard InChI is InChI=1S/C15H14BrNO2/c16-10-5-6-14(19)12(7-10)15(9-18)8-17-13-4-2-1-3-11(13)15/h1-7,17-19H,8-9H2. The van der Waals surface area contributed by atoms with Gasteiger partial charge in [0.2, 0.25) is 0 Å². The molecule has 0 bridgehead atoms. The zero-order valence-corrected chi connectivity index (χ0v) is 11.8. The fourth-order valence-electron chi connectivity index (χ4n) is 2.75. The number of fused-ring (bicyclic) bond motifs is 1. The van der Waals surface area contributed by atoms with E-state index in [0.717, 1.165) is 21.3 Å². The van der Waals surface area contributed by atoms with Crippen LogP contribution in [0.3, 0.4) is 0 Å². The van der Waals surface area contributed by atoms with Gasteiger partial charge in [-0.1, -0.05) is 34.1 Å². The van der Waals surface area contributed by atoms with Crippen LogP contribution in [-0.4, -0.2) is 23.4 Å². The molecule has 0 spiro atoms. The quantitative estimate of drug-likeness (QED) is 0.797. The van der Waals surface area contributed by atoms with Crippen molar-refractivity contribution in [2.75, 3.05) is 18.5 Å². The smallest absolute Gasteiger partial charge is 0.119 e. The van der Waals surface area contributed by atoms with Crippen molar-refractivity contribution in [1.82, 2.24) is 0 Å². The second kappa shape index (κ2) is 4.54. The maximum atomic E-state index is 10.2. The Morgan fingerprint density at radius 1 is 1.16 bits per heavy atom. The molecule has 2 aromatic carbocycles. The van der Waals surface area contributed by atoms with E-state index in [1.165, 1.54) is 0 Å². The topological polar surface area (TPSA) is 52.5 Å². The number of benzene rings is 2.